The molecule has 0 radical (unpaired) electrons. The summed E-state index contributed by atoms with van der Waals surface area (Å²) in [6.45, 7) is 4.79. The number of carbonyl (C=O) groups excluding carboxylic acids is 3. The van der Waals surface area contributed by atoms with Crippen LogP contribution in [0.1, 0.15) is 81.2 Å². The molecule has 3 aromatic heterocycles. The number of carbonyl (C=O) groups is 3. The van der Waals surface area contributed by atoms with Gasteiger partial charge in [0.25, 0.3) is 0 Å². The van der Waals surface area contributed by atoms with Gasteiger partial charge in [0.05, 0.1) is 61.5 Å². The summed E-state index contributed by atoms with van der Waals surface area (Å²) in [5, 5.41) is 84.6. The van der Waals surface area contributed by atoms with Gasteiger partial charge in [0.2, 0.25) is 23.7 Å². The van der Waals surface area contributed by atoms with Crippen molar-refractivity contribution in [2.75, 3.05) is 59.8 Å². The van der Waals surface area contributed by atoms with Gasteiger partial charge in [-0.15, -0.1) is 0 Å². The molecule has 2 saturated carbocycles. The van der Waals surface area contributed by atoms with Crippen LogP contribution in [0.4, 0.5) is 34.0 Å². The summed E-state index contributed by atoms with van der Waals surface area (Å²) in [6, 6.07) is 15.7. The number of aromatic nitrogens is 6. The second-order valence-electron chi connectivity index (χ2n) is 21.2. The first kappa shape index (κ1) is 54.3. The van der Waals surface area contributed by atoms with Crippen LogP contribution in [0.2, 0.25) is 0 Å². The maximum Gasteiger partial charge on any atom is 0.315 e. The Hall–Kier alpha value is -7.09. The smallest absolute Gasteiger partial charge is 0.315 e. The molecule has 2 unspecified atom stereocenters. The van der Waals surface area contributed by atoms with Crippen molar-refractivity contribution in [1.29, 1.82) is 0 Å². The summed E-state index contributed by atoms with van der Waals surface area (Å²) < 4.78 is 1.71. The second-order valence-corrected chi connectivity index (χ2v) is 21.2. The lowest BCUT2D eigenvalue weighted by Gasteiger charge is -2.25. The molecule has 13 atom stereocenters. The Morgan fingerprint density at radius 2 is 1.19 bits per heavy atom. The lowest BCUT2D eigenvalue weighted by molar-refractivity contribution is -0.123. The highest BCUT2D eigenvalue weighted by Gasteiger charge is 2.48. The van der Waals surface area contributed by atoms with Crippen LogP contribution in [0.25, 0.3) is 11.2 Å². The largest absolute Gasteiger partial charge is 0.394 e. The Balaban J connectivity index is 0.835. The van der Waals surface area contributed by atoms with Crippen LogP contribution < -0.4 is 41.7 Å². The van der Waals surface area contributed by atoms with Crippen LogP contribution in [-0.2, 0) is 22.4 Å². The summed E-state index contributed by atoms with van der Waals surface area (Å²) in [7, 11) is 0. The highest BCUT2D eigenvalue weighted by atomic mass is 16.3. The maximum absolute atomic E-state index is 13.8. The zero-order chi connectivity index (χ0) is 54.6. The number of hydrogen-bond donors (Lipinski definition) is 12. The van der Waals surface area contributed by atoms with E-state index in [1.165, 1.54) is 0 Å². The number of urea groups is 1. The third kappa shape index (κ3) is 11.7. The molecule has 4 amide bonds. The Bertz CT molecular complexity index is 2940. The molecule has 3 aliphatic heterocycles. The standard InChI is InChI=1S/C54H71N15O9/c1-3-40(72)61-37-21-35(45(74)46(37)75)36-23-55-43-42(36)63-52(64-49(43)57-33(26-70)19-29-11-7-5-8-12-29)67-17-15-31(24-67)59-54(78)60-32-16-18-68(25-32)53-65-50(58-34(27-71)20-30-13-9-6-10-14-30)44-51(66-53)69(28-56-44)39-22-38(47(76)48(39)77)62-41(73)4-2/h5-14,23,28,31-39,45-48,70-71,74-77H,3-4,15-22,24-27H2,1-2H3,(H,61,72)(H,62,73)(H,57,63,64)(H,58,65,66)(H2,59,60,78)/t31-,32-,33+,34+,35+,36?,37+,38+,39-,45+,46?,47-,48+/m1/s1. The van der Waals surface area contributed by atoms with E-state index in [-0.39, 0.29) is 62.4 Å². The molecule has 10 rings (SSSR count). The molecule has 5 aromatic rings. The zero-order valence-corrected chi connectivity index (χ0v) is 43.8. The van der Waals surface area contributed by atoms with Gasteiger partial charge >= 0.3 is 6.03 Å². The van der Waals surface area contributed by atoms with Crippen molar-refractivity contribution in [3.05, 3.63) is 83.8 Å². The molecule has 0 spiro atoms. The quantitative estimate of drug-likeness (QED) is 0.0513. The van der Waals surface area contributed by atoms with E-state index >= 15 is 0 Å². The van der Waals surface area contributed by atoms with E-state index in [1.807, 2.05) is 70.5 Å². The van der Waals surface area contributed by atoms with Crippen LogP contribution in [0.15, 0.2) is 72.0 Å². The lowest BCUT2D eigenvalue weighted by Crippen LogP contribution is -2.48. The molecule has 5 aliphatic rings. The summed E-state index contributed by atoms with van der Waals surface area (Å²) in [6.07, 6.45) is 1.61. The number of aliphatic imine (C=N–C) groups is 1. The predicted octanol–water partition coefficient (Wildman–Crippen LogP) is 0.802. The third-order valence-corrected chi connectivity index (χ3v) is 15.9. The van der Waals surface area contributed by atoms with E-state index in [1.54, 1.807) is 31.0 Å². The molecule has 416 valence electrons. The van der Waals surface area contributed by atoms with Gasteiger partial charge in [-0.05, 0) is 49.7 Å². The molecule has 6 heterocycles. The Morgan fingerprint density at radius 1 is 0.654 bits per heavy atom. The number of aliphatic hydroxyl groups excluding tert-OH is 6. The van der Waals surface area contributed by atoms with Crippen molar-refractivity contribution < 1.29 is 45.0 Å². The Kier molecular flexibility index (Phi) is 16.6. The van der Waals surface area contributed by atoms with Gasteiger partial charge in [0, 0.05) is 69.2 Å². The minimum absolute atomic E-state index is 0.196. The molecular weight excluding hydrogens is 1000 g/mol. The monoisotopic (exact) mass is 1070 g/mol. The maximum atomic E-state index is 13.8. The van der Waals surface area contributed by atoms with Gasteiger partial charge in [-0.2, -0.15) is 15.0 Å². The molecule has 0 bridgehead atoms. The first-order valence-electron chi connectivity index (χ1n) is 27.2. The van der Waals surface area contributed by atoms with E-state index in [9.17, 15) is 45.0 Å². The van der Waals surface area contributed by atoms with Crippen molar-refractivity contribution in [3.8, 4) is 0 Å². The molecule has 2 aliphatic carbocycles. The lowest BCUT2D eigenvalue weighted by atomic mass is 9.87. The fourth-order valence-corrected chi connectivity index (χ4v) is 11.6. The second kappa shape index (κ2) is 23.9. The average Bonchev–Trinajstić information content (AvgIpc) is 4.54. The first-order chi connectivity index (χ1) is 37.8. The van der Waals surface area contributed by atoms with E-state index < -0.39 is 66.5 Å². The predicted molar refractivity (Wildman–Crippen MR) is 291 cm³/mol. The number of anilines is 4. The number of hydrogen-bond acceptors (Lipinski definition) is 19. The van der Waals surface area contributed by atoms with Gasteiger partial charge in [-0.25, -0.2) is 14.8 Å². The van der Waals surface area contributed by atoms with Crippen molar-refractivity contribution in [1.82, 2.24) is 50.8 Å². The van der Waals surface area contributed by atoms with Crippen LogP contribution >= 0.6 is 0 Å². The number of rotatable bonds is 20. The topological polar surface area (TPSA) is 333 Å². The van der Waals surface area contributed by atoms with Crippen molar-refractivity contribution in [2.45, 2.75) is 138 Å². The molecule has 12 N–H and O–H groups in total. The number of aliphatic hydroxyl groups is 6. The fourth-order valence-electron chi connectivity index (χ4n) is 11.6. The molecule has 4 fully saturated rings. The van der Waals surface area contributed by atoms with Gasteiger partial charge in [0.15, 0.2) is 22.8 Å². The number of fused-ring (bicyclic) bond motifs is 2. The van der Waals surface area contributed by atoms with E-state index in [4.69, 9.17) is 24.9 Å². The van der Waals surface area contributed by atoms with Crippen LogP contribution in [0.3, 0.4) is 0 Å². The van der Waals surface area contributed by atoms with Gasteiger partial charge in [-0.3, -0.25) is 14.6 Å². The van der Waals surface area contributed by atoms with Gasteiger partial charge in [0.1, 0.15) is 24.0 Å². The normalized spacial score (nSPS) is 27.2. The molecule has 2 aromatic carbocycles. The van der Waals surface area contributed by atoms with E-state index in [2.05, 4.69) is 36.9 Å². The van der Waals surface area contributed by atoms with Crippen LogP contribution in [-0.4, -0.2) is 184 Å². The minimum Gasteiger partial charge on any atom is -0.394 e. The number of nitrogens with one attached hydrogen (secondary N) is 6. The highest BCUT2D eigenvalue weighted by Crippen LogP contribution is 2.46. The zero-order valence-electron chi connectivity index (χ0n) is 43.8. The average molecular weight is 1070 g/mol. The fraction of sp³-hybridized carbons (Fsp3) is 0.537. The number of imidazole rings is 1. The number of amides is 4. The highest BCUT2D eigenvalue weighted by molar-refractivity contribution is 5.86. The van der Waals surface area contributed by atoms with E-state index in [0.717, 1.165) is 11.1 Å². The summed E-state index contributed by atoms with van der Waals surface area (Å²) >= 11 is 0. The third-order valence-electron chi connectivity index (χ3n) is 15.9. The van der Waals surface area contributed by atoms with Crippen molar-refractivity contribution in [3.63, 3.8) is 0 Å². The SMILES string of the molecule is CCC(=O)N[C@H]1C[C@@H](C2C=Nc3c(N[C@H](CO)Cc4ccccc4)nc(N4CC[C@@H](NC(=O)N[C@@H]5CCN(c6nc(N[C@H](CO)Cc7ccccc7)c7ncn([C@@H]8C[C@H](NC(=O)CC)[C@@H](O)[C@H]8O)c7n6)C5)C4)nc32)[C@H](O)C1O. The molecule has 24 nitrogen and oxygen atoms in total. The molecular formula is C54H71N15O9. The minimum atomic E-state index is -1.23. The van der Waals surface area contributed by atoms with Crippen molar-refractivity contribution in [2.24, 2.45) is 10.9 Å². The van der Waals surface area contributed by atoms with Gasteiger partial charge in [-0.1, -0.05) is 74.5 Å². The first-order valence-corrected chi connectivity index (χ1v) is 27.2. The number of nitrogens with zero attached hydrogens (tertiary/aromatic N) is 9. The number of benzene rings is 2. The van der Waals surface area contributed by atoms with Crippen molar-refractivity contribution >= 4 is 64.4 Å². The Labute approximate surface area is 451 Å². The summed E-state index contributed by atoms with van der Waals surface area (Å²) in [5.74, 6) is -0.00143. The molecule has 2 saturated heterocycles. The Morgan fingerprint density at radius 3 is 1.77 bits per heavy atom. The van der Waals surface area contributed by atoms with E-state index in [0.29, 0.717) is 104 Å². The van der Waals surface area contributed by atoms with Crippen LogP contribution in [0, 0.1) is 5.92 Å². The van der Waals surface area contributed by atoms with Crippen LogP contribution in [0.5, 0.6) is 0 Å². The molecule has 78 heavy (non-hydrogen) atoms. The summed E-state index contributed by atoms with van der Waals surface area (Å²) in [5.41, 5.74) is 3.83. The van der Waals surface area contributed by atoms with Gasteiger partial charge < -0.3 is 76.9 Å². The summed E-state index contributed by atoms with van der Waals surface area (Å²) in [4.78, 5) is 71.8. The molecule has 24 heteroatoms.